The van der Waals surface area contributed by atoms with Crippen LogP contribution in [0.1, 0.15) is 69.9 Å². The Balaban J connectivity index is 1.82. The fraction of sp³-hybridized carbons (Fsp3) is 0.429. The third-order valence-corrected chi connectivity index (χ3v) is 6.87. The largest absolute Gasteiger partial charge is 0.385 e. The summed E-state index contributed by atoms with van der Waals surface area (Å²) in [5, 5.41) is 3.87. The van der Waals surface area contributed by atoms with E-state index in [-0.39, 0.29) is 11.3 Å². The van der Waals surface area contributed by atoms with Crippen molar-refractivity contribution in [3.05, 3.63) is 71.9 Å². The number of benzene rings is 2. The molecule has 0 saturated heterocycles. The first kappa shape index (κ1) is 25.5. The van der Waals surface area contributed by atoms with Gasteiger partial charge in [-0.1, -0.05) is 88.2 Å². The van der Waals surface area contributed by atoms with E-state index in [0.29, 0.717) is 18.8 Å². The van der Waals surface area contributed by atoms with Gasteiger partial charge in [-0.05, 0) is 47.9 Å². The Morgan fingerprint density at radius 2 is 1.82 bits per heavy atom. The molecule has 0 bridgehead atoms. The Morgan fingerprint density at radius 3 is 2.47 bits per heavy atom. The summed E-state index contributed by atoms with van der Waals surface area (Å²) < 4.78 is 0. The molecular formula is C28H39N5O. The van der Waals surface area contributed by atoms with Gasteiger partial charge in [0, 0.05) is 17.5 Å². The fourth-order valence-corrected chi connectivity index (χ4v) is 4.78. The average Bonchev–Trinajstić information content (AvgIpc) is 3.29. The van der Waals surface area contributed by atoms with Crippen molar-refractivity contribution in [2.75, 3.05) is 0 Å². The first-order valence-electron chi connectivity index (χ1n) is 12.3. The number of nitrogens with zero attached hydrogens (tertiary/aromatic N) is 2. The number of carbonyl (C=O) groups is 1. The van der Waals surface area contributed by atoms with Crippen LogP contribution in [0, 0.1) is 5.41 Å². The number of carbonyl (C=O) groups excluding carboxylic acids is 1. The number of hydrogen-bond donors (Lipinski definition) is 3. The Kier molecular flexibility index (Phi) is 8.88. The quantitative estimate of drug-likeness (QED) is 0.184. The zero-order chi connectivity index (χ0) is 24.6. The molecule has 6 nitrogen and oxygen atoms in total. The zero-order valence-corrected chi connectivity index (χ0v) is 20.6. The highest BCUT2D eigenvalue weighted by Crippen LogP contribution is 2.40. The van der Waals surface area contributed by atoms with Gasteiger partial charge in [-0.15, -0.1) is 0 Å². The van der Waals surface area contributed by atoms with Crippen LogP contribution in [0.3, 0.4) is 0 Å². The van der Waals surface area contributed by atoms with E-state index in [1.54, 1.807) is 0 Å². The lowest BCUT2D eigenvalue weighted by molar-refractivity contribution is -0.139. The number of hydrazine groups is 1. The maximum Gasteiger partial charge on any atom is 0.232 e. The number of hydrogen-bond acceptors (Lipinski definition) is 4. The lowest BCUT2D eigenvalue weighted by Gasteiger charge is -2.33. The molecular weight excluding hydrogens is 422 g/mol. The molecule has 0 unspecified atom stereocenters. The molecule has 1 amide bonds. The maximum absolute atomic E-state index is 13.6. The zero-order valence-electron chi connectivity index (χ0n) is 20.6. The molecule has 1 fully saturated rings. The minimum atomic E-state index is -0.270. The van der Waals surface area contributed by atoms with Crippen molar-refractivity contribution in [1.29, 1.82) is 0 Å². The van der Waals surface area contributed by atoms with Gasteiger partial charge in [0.2, 0.25) is 5.91 Å². The average molecular weight is 462 g/mol. The number of amidine groups is 1. The molecule has 34 heavy (non-hydrogen) atoms. The molecule has 3 rings (SSSR count). The van der Waals surface area contributed by atoms with Gasteiger partial charge in [-0.25, -0.2) is 11.4 Å². The number of amides is 1. The van der Waals surface area contributed by atoms with Crippen LogP contribution in [-0.2, 0) is 17.8 Å². The van der Waals surface area contributed by atoms with Gasteiger partial charge in [0.1, 0.15) is 5.84 Å². The van der Waals surface area contributed by atoms with Crippen molar-refractivity contribution < 1.29 is 4.79 Å². The van der Waals surface area contributed by atoms with E-state index in [9.17, 15) is 4.79 Å². The van der Waals surface area contributed by atoms with Gasteiger partial charge in [0.25, 0.3) is 0 Å². The molecule has 5 N–H and O–H groups in total. The maximum atomic E-state index is 13.6. The second-order valence-electron chi connectivity index (χ2n) is 9.59. The van der Waals surface area contributed by atoms with Gasteiger partial charge in [0.15, 0.2) is 0 Å². The van der Waals surface area contributed by atoms with Crippen LogP contribution in [0.5, 0.6) is 0 Å². The van der Waals surface area contributed by atoms with Crippen LogP contribution < -0.4 is 17.1 Å². The van der Waals surface area contributed by atoms with Crippen LogP contribution >= 0.6 is 0 Å². The van der Waals surface area contributed by atoms with E-state index in [0.717, 1.165) is 72.9 Å². The molecule has 1 aliphatic carbocycles. The number of hydrazone groups is 1. The van der Waals surface area contributed by atoms with Crippen LogP contribution in [0.2, 0.25) is 0 Å². The van der Waals surface area contributed by atoms with Crippen LogP contribution in [-0.4, -0.2) is 16.6 Å². The summed E-state index contributed by atoms with van der Waals surface area (Å²) in [5.74, 6) is 5.90. The Labute approximate surface area is 204 Å². The third kappa shape index (κ3) is 6.26. The van der Waals surface area contributed by atoms with Gasteiger partial charge in [-0.2, -0.15) is 5.10 Å². The highest BCUT2D eigenvalue weighted by atomic mass is 16.2. The Morgan fingerprint density at radius 1 is 1.15 bits per heavy atom. The first-order valence-corrected chi connectivity index (χ1v) is 12.3. The van der Waals surface area contributed by atoms with Crippen molar-refractivity contribution in [3.8, 4) is 11.1 Å². The highest BCUT2D eigenvalue weighted by Gasteiger charge is 2.39. The molecule has 6 heteroatoms. The van der Waals surface area contributed by atoms with Crippen molar-refractivity contribution >= 4 is 11.7 Å². The Hall–Kier alpha value is -3.12. The Bertz CT molecular complexity index is 1010. The molecule has 1 aliphatic rings. The van der Waals surface area contributed by atoms with E-state index >= 15 is 0 Å². The SMILES string of the molecule is C=C(CCCC)N(Cc1ccc(-c2ccccc2C/C(N)=N/NN)cc1)C(=O)C1(C)CCCC1. The predicted octanol–water partition coefficient (Wildman–Crippen LogP) is 5.24. The third-order valence-electron chi connectivity index (χ3n) is 6.87. The summed E-state index contributed by atoms with van der Waals surface area (Å²) in [6, 6.07) is 16.6. The molecule has 1 saturated carbocycles. The summed E-state index contributed by atoms with van der Waals surface area (Å²) in [7, 11) is 0. The van der Waals surface area contributed by atoms with Crippen molar-refractivity contribution in [1.82, 2.24) is 10.4 Å². The fourth-order valence-electron chi connectivity index (χ4n) is 4.78. The molecule has 182 valence electrons. The number of nitrogens with one attached hydrogen (secondary N) is 1. The highest BCUT2D eigenvalue weighted by molar-refractivity contribution is 5.85. The van der Waals surface area contributed by atoms with Gasteiger partial charge in [0.05, 0.1) is 6.54 Å². The lowest BCUT2D eigenvalue weighted by Crippen LogP contribution is -2.40. The smallest absolute Gasteiger partial charge is 0.232 e. The topological polar surface area (TPSA) is 96.7 Å². The minimum Gasteiger partial charge on any atom is -0.385 e. The lowest BCUT2D eigenvalue weighted by atomic mass is 9.86. The summed E-state index contributed by atoms with van der Waals surface area (Å²) >= 11 is 0. The summed E-state index contributed by atoms with van der Waals surface area (Å²) in [6.07, 6.45) is 7.66. The van der Waals surface area contributed by atoms with Crippen molar-refractivity contribution in [2.45, 2.75) is 71.8 Å². The van der Waals surface area contributed by atoms with Crippen LogP contribution in [0.15, 0.2) is 65.9 Å². The number of unbranched alkanes of at least 4 members (excludes halogenated alkanes) is 1. The second kappa shape index (κ2) is 11.8. The molecule has 0 aromatic heterocycles. The summed E-state index contributed by atoms with van der Waals surface area (Å²) in [6.45, 7) is 9.15. The van der Waals surface area contributed by atoms with Crippen LogP contribution in [0.4, 0.5) is 0 Å². The standard InChI is InChI=1S/C28H39N5O/c1-4-5-10-21(2)33(27(34)28(3)17-8-9-18-28)20-22-13-15-23(16-14-22)25-12-7-6-11-24(25)19-26(29)31-32-30/h6-7,11-16,32H,2,4-5,8-10,17-20,30H2,1,3H3,(H2,29,31). The predicted molar refractivity (Wildman–Crippen MR) is 140 cm³/mol. The van der Waals surface area contributed by atoms with Crippen molar-refractivity contribution in [3.63, 3.8) is 0 Å². The monoisotopic (exact) mass is 461 g/mol. The summed E-state index contributed by atoms with van der Waals surface area (Å²) in [4.78, 5) is 15.5. The number of nitrogens with two attached hydrogens (primary N) is 2. The molecule has 0 atom stereocenters. The van der Waals surface area contributed by atoms with Gasteiger partial charge in [-0.3, -0.25) is 4.79 Å². The van der Waals surface area contributed by atoms with Gasteiger partial charge < -0.3 is 10.6 Å². The molecule has 2 aromatic carbocycles. The van der Waals surface area contributed by atoms with Gasteiger partial charge >= 0.3 is 0 Å². The van der Waals surface area contributed by atoms with E-state index in [1.807, 2.05) is 23.1 Å². The molecule has 2 aromatic rings. The normalized spacial score (nSPS) is 15.2. The van der Waals surface area contributed by atoms with Crippen molar-refractivity contribution in [2.24, 2.45) is 22.1 Å². The second-order valence-corrected chi connectivity index (χ2v) is 9.59. The van der Waals surface area contributed by atoms with E-state index in [2.05, 4.69) is 61.4 Å². The molecule has 0 heterocycles. The van der Waals surface area contributed by atoms with E-state index in [4.69, 9.17) is 11.6 Å². The van der Waals surface area contributed by atoms with Crippen LogP contribution in [0.25, 0.3) is 11.1 Å². The van der Waals surface area contributed by atoms with E-state index < -0.39 is 0 Å². The van der Waals surface area contributed by atoms with E-state index in [1.165, 1.54) is 0 Å². The summed E-state index contributed by atoms with van der Waals surface area (Å²) in [5.41, 5.74) is 13.2. The molecule has 0 radical (unpaired) electrons. The number of rotatable bonds is 11. The first-order chi connectivity index (χ1) is 16.4. The molecule has 0 aliphatic heterocycles. The minimum absolute atomic E-state index is 0.226. The number of allylic oxidation sites excluding steroid dienone is 1. The molecule has 0 spiro atoms.